The van der Waals surface area contributed by atoms with Gasteiger partial charge >= 0.3 is 7.12 Å². The lowest BCUT2D eigenvalue weighted by Gasteiger charge is -2.30. The number of amides is 2. The molecule has 0 aromatic heterocycles. The molecule has 0 fully saturated rings. The Morgan fingerprint density at radius 2 is 1.48 bits per heavy atom. The van der Waals surface area contributed by atoms with Crippen molar-refractivity contribution < 1.29 is 38.6 Å². The Hall–Kier alpha value is -3.44. The fourth-order valence-electron chi connectivity index (χ4n) is 5.32. The molecule has 2 aromatic rings. The van der Waals surface area contributed by atoms with Crippen LogP contribution in [0.25, 0.3) is 0 Å². The van der Waals surface area contributed by atoms with E-state index in [1.54, 1.807) is 7.11 Å². The number of carbonyl (C=O) groups excluding carboxylic acids is 2. The number of carbonyl (C=O) groups is 2. The highest BCUT2D eigenvalue weighted by Crippen LogP contribution is 2.52. The van der Waals surface area contributed by atoms with Crippen LogP contribution in [-0.4, -0.2) is 69.4 Å². The summed E-state index contributed by atoms with van der Waals surface area (Å²) >= 11 is 0. The summed E-state index contributed by atoms with van der Waals surface area (Å²) in [5.74, 6) is -0.0614. The van der Waals surface area contributed by atoms with Crippen LogP contribution in [0, 0.1) is 11.8 Å². The maximum atomic E-state index is 13.6. The highest BCUT2D eigenvalue weighted by Gasteiger charge is 2.36. The lowest BCUT2D eigenvalue weighted by molar-refractivity contribution is -0.131. The third-order valence-electron chi connectivity index (χ3n) is 7.24. The first-order valence-corrected chi connectivity index (χ1v) is 13.5. The van der Waals surface area contributed by atoms with E-state index in [0.29, 0.717) is 48.7 Å². The van der Waals surface area contributed by atoms with Crippen molar-refractivity contribution in [3.63, 3.8) is 0 Å². The number of nitrogens with one attached hydrogen (secondary N) is 2. The Morgan fingerprint density at radius 3 is 2.00 bits per heavy atom. The van der Waals surface area contributed by atoms with Gasteiger partial charge in [0.15, 0.2) is 11.5 Å². The first-order valence-electron chi connectivity index (χ1n) is 13.5. The Balaban J connectivity index is 1.87. The van der Waals surface area contributed by atoms with Gasteiger partial charge in [0.2, 0.25) is 23.3 Å². The van der Waals surface area contributed by atoms with Crippen LogP contribution in [0.15, 0.2) is 30.3 Å². The van der Waals surface area contributed by atoms with Gasteiger partial charge < -0.3 is 39.6 Å². The molecule has 0 saturated carbocycles. The summed E-state index contributed by atoms with van der Waals surface area (Å²) < 4.78 is 22.5. The highest BCUT2D eigenvalue weighted by atomic mass is 16.5. The largest absolute Gasteiger partial charge is 0.492 e. The molecule has 0 aliphatic heterocycles. The Bertz CT molecular complexity index is 1130. The van der Waals surface area contributed by atoms with E-state index >= 15 is 0 Å². The normalized spacial score (nSPS) is 15.9. The molecule has 0 saturated heterocycles. The number of ether oxygens (including phenoxy) is 4. The van der Waals surface area contributed by atoms with Gasteiger partial charge in [0.1, 0.15) is 6.04 Å². The number of rotatable bonds is 13. The van der Waals surface area contributed by atoms with Crippen LogP contribution in [0.2, 0.25) is 0 Å². The monoisotopic (exact) mass is 556 g/mol. The Morgan fingerprint density at radius 1 is 0.900 bits per heavy atom. The minimum atomic E-state index is -1.72. The summed E-state index contributed by atoms with van der Waals surface area (Å²) in [6.07, 6.45) is 2.04. The van der Waals surface area contributed by atoms with Crippen molar-refractivity contribution >= 4 is 18.9 Å². The predicted molar refractivity (Wildman–Crippen MR) is 152 cm³/mol. The standard InChI is InChI=1S/C29H41BN2O8/c1-17(2)14-23(30(35)36)32-29(34)22(15-18-10-8-7-9-11-18)31-28(33)19-12-13-20-21(16-19)25(38-4)27(40-6)26(39-5)24(20)37-3/h7-11,17,19,22-23,35-36H,12-16H2,1-6H3,(H,31,33)(H,32,34)/t19?,22-,23?/m0/s1. The molecule has 3 atom stereocenters. The van der Waals surface area contributed by atoms with Gasteiger partial charge in [-0.1, -0.05) is 44.2 Å². The van der Waals surface area contributed by atoms with Gasteiger partial charge in [-0.2, -0.15) is 0 Å². The van der Waals surface area contributed by atoms with E-state index in [2.05, 4.69) is 10.6 Å². The lowest BCUT2D eigenvalue weighted by atomic mass is 9.75. The van der Waals surface area contributed by atoms with Gasteiger partial charge in [0, 0.05) is 23.5 Å². The zero-order chi connectivity index (χ0) is 29.4. The zero-order valence-electron chi connectivity index (χ0n) is 24.2. The second-order valence-electron chi connectivity index (χ2n) is 10.4. The molecule has 0 spiro atoms. The van der Waals surface area contributed by atoms with Crippen LogP contribution >= 0.6 is 0 Å². The first-order chi connectivity index (χ1) is 19.1. The van der Waals surface area contributed by atoms with E-state index in [4.69, 9.17) is 18.9 Å². The van der Waals surface area contributed by atoms with Gasteiger partial charge in [-0.25, -0.2) is 0 Å². The second-order valence-corrected chi connectivity index (χ2v) is 10.4. The van der Waals surface area contributed by atoms with Crippen LogP contribution in [-0.2, 0) is 28.9 Å². The van der Waals surface area contributed by atoms with Crippen LogP contribution in [0.3, 0.4) is 0 Å². The summed E-state index contributed by atoms with van der Waals surface area (Å²) in [7, 11) is 4.43. The molecule has 11 heteroatoms. The summed E-state index contributed by atoms with van der Waals surface area (Å²) in [6.45, 7) is 3.86. The number of benzene rings is 2. The summed E-state index contributed by atoms with van der Waals surface area (Å²) in [5, 5.41) is 25.4. The van der Waals surface area contributed by atoms with Crippen molar-refractivity contribution in [2.24, 2.45) is 11.8 Å². The average molecular weight is 556 g/mol. The number of hydrogen-bond acceptors (Lipinski definition) is 8. The van der Waals surface area contributed by atoms with Gasteiger partial charge in [-0.3, -0.25) is 9.59 Å². The molecular formula is C29H41BN2O8. The molecule has 4 N–H and O–H groups in total. The predicted octanol–water partition coefficient (Wildman–Crippen LogP) is 2.10. The van der Waals surface area contributed by atoms with E-state index in [9.17, 15) is 19.6 Å². The molecule has 1 aliphatic carbocycles. The SMILES string of the molecule is COc1c2c(c(OC)c(OC)c1OC)CC(C(=O)N[C@@H](Cc1ccccc1)C(=O)NC(CC(C)C)B(O)O)CC2. The van der Waals surface area contributed by atoms with Crippen molar-refractivity contribution in [2.45, 2.75) is 57.9 Å². The topological polar surface area (TPSA) is 136 Å². The number of hydrogen-bond donors (Lipinski definition) is 4. The van der Waals surface area contributed by atoms with Gasteiger partial charge in [0.25, 0.3) is 0 Å². The van der Waals surface area contributed by atoms with Crippen molar-refractivity contribution in [1.82, 2.24) is 10.6 Å². The fraction of sp³-hybridized carbons (Fsp3) is 0.517. The van der Waals surface area contributed by atoms with Gasteiger partial charge in [0.05, 0.1) is 34.4 Å². The molecule has 2 aromatic carbocycles. The molecular weight excluding hydrogens is 515 g/mol. The molecule has 0 bridgehead atoms. The van der Waals surface area contributed by atoms with E-state index < -0.39 is 30.9 Å². The maximum Gasteiger partial charge on any atom is 0.475 e. The van der Waals surface area contributed by atoms with E-state index in [1.807, 2.05) is 44.2 Å². The molecule has 3 rings (SSSR count). The molecule has 0 heterocycles. The van der Waals surface area contributed by atoms with E-state index in [0.717, 1.165) is 16.7 Å². The van der Waals surface area contributed by atoms with Crippen LogP contribution < -0.4 is 29.6 Å². The van der Waals surface area contributed by atoms with Crippen molar-refractivity contribution in [1.29, 1.82) is 0 Å². The van der Waals surface area contributed by atoms with Crippen LogP contribution in [0.1, 0.15) is 43.4 Å². The molecule has 2 unspecified atom stereocenters. The average Bonchev–Trinajstić information content (AvgIpc) is 2.94. The van der Waals surface area contributed by atoms with Crippen molar-refractivity contribution in [2.75, 3.05) is 28.4 Å². The maximum absolute atomic E-state index is 13.6. The first kappa shape index (κ1) is 31.1. The molecule has 40 heavy (non-hydrogen) atoms. The molecule has 10 nitrogen and oxygen atoms in total. The Kier molecular flexibility index (Phi) is 11.1. The number of fused-ring (bicyclic) bond motifs is 1. The van der Waals surface area contributed by atoms with Crippen molar-refractivity contribution in [3.05, 3.63) is 47.0 Å². The molecule has 2 amide bonds. The van der Waals surface area contributed by atoms with E-state index in [1.165, 1.54) is 21.3 Å². The summed E-state index contributed by atoms with van der Waals surface area (Å²) in [5.41, 5.74) is 2.56. The summed E-state index contributed by atoms with van der Waals surface area (Å²) in [6, 6.07) is 8.46. The molecule has 0 radical (unpaired) electrons. The molecule has 1 aliphatic rings. The van der Waals surface area contributed by atoms with Crippen LogP contribution in [0.5, 0.6) is 23.0 Å². The van der Waals surface area contributed by atoms with E-state index in [-0.39, 0.29) is 18.2 Å². The fourth-order valence-corrected chi connectivity index (χ4v) is 5.32. The Labute approximate surface area is 236 Å². The minimum absolute atomic E-state index is 0.124. The summed E-state index contributed by atoms with van der Waals surface area (Å²) in [4.78, 5) is 27.0. The quantitative estimate of drug-likeness (QED) is 0.276. The smallest absolute Gasteiger partial charge is 0.475 e. The van der Waals surface area contributed by atoms with Gasteiger partial charge in [-0.15, -0.1) is 0 Å². The number of methoxy groups -OCH3 is 4. The third-order valence-corrected chi connectivity index (χ3v) is 7.24. The second kappa shape index (κ2) is 14.3. The highest BCUT2D eigenvalue weighted by molar-refractivity contribution is 6.43. The molecule has 218 valence electrons. The van der Waals surface area contributed by atoms with Gasteiger partial charge in [-0.05, 0) is 37.2 Å². The van der Waals surface area contributed by atoms with Crippen LogP contribution in [0.4, 0.5) is 0 Å². The lowest BCUT2D eigenvalue weighted by Crippen LogP contribution is -2.55. The third kappa shape index (κ3) is 7.20. The van der Waals surface area contributed by atoms with Crippen molar-refractivity contribution in [3.8, 4) is 23.0 Å². The zero-order valence-corrected chi connectivity index (χ0v) is 24.2. The minimum Gasteiger partial charge on any atom is -0.492 e.